The van der Waals surface area contributed by atoms with E-state index in [4.69, 9.17) is 5.26 Å². The van der Waals surface area contributed by atoms with Crippen molar-refractivity contribution in [2.24, 2.45) is 0 Å². The maximum absolute atomic E-state index is 12.7. The second-order valence-electron chi connectivity index (χ2n) is 3.16. The van der Waals surface area contributed by atoms with Crippen LogP contribution >= 0.6 is 0 Å². The molecule has 0 aliphatic rings. The van der Waals surface area contributed by atoms with E-state index >= 15 is 0 Å². The SMILES string of the molecule is N#CNc1cc(Nc2ccc(F)cc2)ncn1. The Morgan fingerprint density at radius 3 is 2.53 bits per heavy atom. The zero-order chi connectivity index (χ0) is 12.1. The average molecular weight is 229 g/mol. The molecule has 0 atom stereocenters. The Kier molecular flexibility index (Phi) is 3.12. The van der Waals surface area contributed by atoms with Crippen molar-refractivity contribution >= 4 is 17.3 Å². The van der Waals surface area contributed by atoms with Crippen LogP contribution < -0.4 is 10.6 Å². The van der Waals surface area contributed by atoms with E-state index in [1.807, 2.05) is 0 Å². The van der Waals surface area contributed by atoms with Gasteiger partial charge in [-0.2, -0.15) is 5.26 Å². The Hall–Kier alpha value is -2.68. The van der Waals surface area contributed by atoms with Gasteiger partial charge in [-0.05, 0) is 24.3 Å². The van der Waals surface area contributed by atoms with Crippen LogP contribution in [0.1, 0.15) is 0 Å². The van der Waals surface area contributed by atoms with Crippen LogP contribution in [-0.2, 0) is 0 Å². The number of anilines is 3. The van der Waals surface area contributed by atoms with Crippen molar-refractivity contribution in [1.29, 1.82) is 5.26 Å². The summed E-state index contributed by atoms with van der Waals surface area (Å²) in [6.45, 7) is 0. The summed E-state index contributed by atoms with van der Waals surface area (Å²) in [5.74, 6) is 0.613. The summed E-state index contributed by atoms with van der Waals surface area (Å²) >= 11 is 0. The molecule has 1 heterocycles. The lowest BCUT2D eigenvalue weighted by Crippen LogP contribution is -1.97. The topological polar surface area (TPSA) is 73.6 Å². The predicted octanol–water partition coefficient (Wildman–Crippen LogP) is 2.25. The lowest BCUT2D eigenvalue weighted by Gasteiger charge is -2.05. The zero-order valence-corrected chi connectivity index (χ0v) is 8.68. The molecule has 2 N–H and O–H groups in total. The Labute approximate surface area is 97.0 Å². The third-order valence-corrected chi connectivity index (χ3v) is 1.97. The van der Waals surface area contributed by atoms with Crippen LogP contribution in [-0.4, -0.2) is 9.97 Å². The molecule has 84 valence electrons. The first kappa shape index (κ1) is 10.8. The predicted molar refractivity (Wildman–Crippen MR) is 61.0 cm³/mol. The summed E-state index contributed by atoms with van der Waals surface area (Å²) in [6.07, 6.45) is 3.09. The molecule has 17 heavy (non-hydrogen) atoms. The first-order valence-electron chi connectivity index (χ1n) is 4.77. The fourth-order valence-corrected chi connectivity index (χ4v) is 1.23. The zero-order valence-electron chi connectivity index (χ0n) is 8.68. The lowest BCUT2D eigenvalue weighted by atomic mass is 10.3. The summed E-state index contributed by atoms with van der Waals surface area (Å²) in [4.78, 5) is 7.81. The minimum atomic E-state index is -0.301. The summed E-state index contributed by atoms with van der Waals surface area (Å²) in [5.41, 5.74) is 0.702. The number of halogens is 1. The van der Waals surface area contributed by atoms with E-state index in [0.717, 1.165) is 0 Å². The number of nitrogens with zero attached hydrogens (tertiary/aromatic N) is 3. The van der Waals surface area contributed by atoms with Gasteiger partial charge < -0.3 is 5.32 Å². The Morgan fingerprint density at radius 1 is 1.12 bits per heavy atom. The third-order valence-electron chi connectivity index (χ3n) is 1.97. The first-order chi connectivity index (χ1) is 8.28. The molecular formula is C11H8FN5. The molecule has 0 saturated carbocycles. The monoisotopic (exact) mass is 229 g/mol. The second kappa shape index (κ2) is 4.90. The van der Waals surface area contributed by atoms with E-state index in [1.54, 1.807) is 24.4 Å². The maximum Gasteiger partial charge on any atom is 0.182 e. The van der Waals surface area contributed by atoms with Gasteiger partial charge in [0, 0.05) is 11.8 Å². The fourth-order valence-electron chi connectivity index (χ4n) is 1.23. The van der Waals surface area contributed by atoms with E-state index in [2.05, 4.69) is 20.6 Å². The summed E-state index contributed by atoms with van der Waals surface area (Å²) in [7, 11) is 0. The lowest BCUT2D eigenvalue weighted by molar-refractivity contribution is 0.628. The van der Waals surface area contributed by atoms with Gasteiger partial charge in [0.25, 0.3) is 0 Å². The van der Waals surface area contributed by atoms with Crippen LogP contribution in [0.3, 0.4) is 0 Å². The van der Waals surface area contributed by atoms with Gasteiger partial charge in [-0.1, -0.05) is 0 Å². The summed E-state index contributed by atoms with van der Waals surface area (Å²) in [5, 5.41) is 13.8. The number of benzene rings is 1. The van der Waals surface area contributed by atoms with Crippen molar-refractivity contribution < 1.29 is 4.39 Å². The number of rotatable bonds is 3. The van der Waals surface area contributed by atoms with Crippen LogP contribution in [0, 0.1) is 17.3 Å². The highest BCUT2D eigenvalue weighted by molar-refractivity contribution is 5.59. The quantitative estimate of drug-likeness (QED) is 0.623. The normalized spacial score (nSPS) is 9.41. The largest absolute Gasteiger partial charge is 0.340 e. The van der Waals surface area contributed by atoms with Gasteiger partial charge in [0.1, 0.15) is 23.8 Å². The van der Waals surface area contributed by atoms with Crippen molar-refractivity contribution in [3.05, 3.63) is 42.5 Å². The van der Waals surface area contributed by atoms with Crippen molar-refractivity contribution in [3.8, 4) is 6.19 Å². The van der Waals surface area contributed by atoms with Crippen molar-refractivity contribution in [2.75, 3.05) is 10.6 Å². The molecule has 0 bridgehead atoms. The maximum atomic E-state index is 12.7. The standard InChI is InChI=1S/C11H8FN5/c12-8-1-3-9(4-2-8)17-11-5-10(14-6-13)15-7-16-11/h1-5,7H,(H2,14,15,16,17). The van der Waals surface area contributed by atoms with Crippen LogP contribution in [0.15, 0.2) is 36.7 Å². The van der Waals surface area contributed by atoms with Crippen LogP contribution in [0.4, 0.5) is 21.7 Å². The van der Waals surface area contributed by atoms with Gasteiger partial charge in [0.2, 0.25) is 0 Å². The molecule has 0 aliphatic carbocycles. The molecule has 5 nitrogen and oxygen atoms in total. The summed E-state index contributed by atoms with van der Waals surface area (Å²) in [6, 6.07) is 7.45. The fraction of sp³-hybridized carbons (Fsp3) is 0. The minimum Gasteiger partial charge on any atom is -0.340 e. The van der Waals surface area contributed by atoms with Gasteiger partial charge in [-0.25, -0.2) is 14.4 Å². The Balaban J connectivity index is 2.16. The van der Waals surface area contributed by atoms with Crippen molar-refractivity contribution in [1.82, 2.24) is 9.97 Å². The molecule has 0 unspecified atom stereocenters. The second-order valence-corrected chi connectivity index (χ2v) is 3.16. The highest BCUT2D eigenvalue weighted by atomic mass is 19.1. The van der Waals surface area contributed by atoms with Gasteiger partial charge in [0.05, 0.1) is 0 Å². The van der Waals surface area contributed by atoms with Gasteiger partial charge in [-0.3, -0.25) is 5.32 Å². The molecule has 2 rings (SSSR count). The number of hydrogen-bond acceptors (Lipinski definition) is 5. The Morgan fingerprint density at radius 2 is 1.82 bits per heavy atom. The van der Waals surface area contributed by atoms with E-state index in [9.17, 15) is 4.39 Å². The molecule has 0 aliphatic heterocycles. The molecule has 1 aromatic heterocycles. The average Bonchev–Trinajstić information content (AvgIpc) is 2.33. The van der Waals surface area contributed by atoms with Gasteiger partial charge >= 0.3 is 0 Å². The molecule has 0 fully saturated rings. The molecule has 1 aromatic carbocycles. The summed E-state index contributed by atoms with van der Waals surface area (Å²) < 4.78 is 12.7. The van der Waals surface area contributed by atoms with E-state index in [-0.39, 0.29) is 5.82 Å². The Bertz CT molecular complexity index is 547. The minimum absolute atomic E-state index is 0.301. The molecule has 0 spiro atoms. The number of aromatic nitrogens is 2. The molecule has 0 radical (unpaired) electrons. The number of nitrogens with one attached hydrogen (secondary N) is 2. The number of nitriles is 1. The first-order valence-corrected chi connectivity index (χ1v) is 4.77. The smallest absolute Gasteiger partial charge is 0.182 e. The molecule has 0 amide bonds. The molecule has 6 heteroatoms. The van der Waals surface area contributed by atoms with Crippen molar-refractivity contribution in [2.45, 2.75) is 0 Å². The third kappa shape index (κ3) is 2.89. The van der Waals surface area contributed by atoms with Gasteiger partial charge in [0.15, 0.2) is 6.19 Å². The van der Waals surface area contributed by atoms with E-state index in [0.29, 0.717) is 17.3 Å². The molecule has 0 saturated heterocycles. The highest BCUT2D eigenvalue weighted by Crippen LogP contribution is 2.16. The highest BCUT2D eigenvalue weighted by Gasteiger charge is 1.99. The molecular weight excluding hydrogens is 221 g/mol. The number of hydrogen-bond donors (Lipinski definition) is 2. The van der Waals surface area contributed by atoms with Crippen LogP contribution in [0.2, 0.25) is 0 Å². The van der Waals surface area contributed by atoms with Crippen molar-refractivity contribution in [3.63, 3.8) is 0 Å². The van der Waals surface area contributed by atoms with Crippen LogP contribution in [0.25, 0.3) is 0 Å². The van der Waals surface area contributed by atoms with Gasteiger partial charge in [-0.15, -0.1) is 0 Å². The molecule has 2 aromatic rings. The van der Waals surface area contributed by atoms with E-state index in [1.165, 1.54) is 18.5 Å². The van der Waals surface area contributed by atoms with E-state index < -0.39 is 0 Å². The van der Waals surface area contributed by atoms with Crippen LogP contribution in [0.5, 0.6) is 0 Å².